The maximum atomic E-state index is 12.4. The minimum absolute atomic E-state index is 0.207. The molecule has 0 aliphatic carbocycles. The number of hydrogen-bond acceptors (Lipinski definition) is 6. The van der Waals surface area contributed by atoms with Gasteiger partial charge in [-0.3, -0.25) is 14.5 Å². The fourth-order valence-electron chi connectivity index (χ4n) is 3.03. The molecule has 1 aliphatic rings. The van der Waals surface area contributed by atoms with Crippen LogP contribution in [-0.4, -0.2) is 48.4 Å². The van der Waals surface area contributed by atoms with Gasteiger partial charge in [0.2, 0.25) is 5.91 Å². The third-order valence-electron chi connectivity index (χ3n) is 4.39. The molecule has 1 aromatic heterocycles. The Labute approximate surface area is 151 Å². The first-order valence-corrected chi connectivity index (χ1v) is 9.31. The van der Waals surface area contributed by atoms with Crippen LogP contribution in [0, 0.1) is 6.92 Å². The third-order valence-corrected chi connectivity index (χ3v) is 5.61. The molecule has 0 spiro atoms. The van der Waals surface area contributed by atoms with E-state index < -0.39 is 11.9 Å². The number of thiophene rings is 1. The first-order valence-electron chi connectivity index (χ1n) is 8.49. The zero-order valence-corrected chi connectivity index (χ0v) is 15.7. The largest absolute Gasteiger partial charge is 0.462 e. The van der Waals surface area contributed by atoms with Crippen LogP contribution in [0.15, 0.2) is 0 Å². The minimum Gasteiger partial charge on any atom is -0.462 e. The highest BCUT2D eigenvalue weighted by atomic mass is 32.1. The number of carbonyl (C=O) groups excluding carboxylic acids is 3. The molecule has 2 amide bonds. The Morgan fingerprint density at radius 1 is 1.36 bits per heavy atom. The fourth-order valence-corrected chi connectivity index (χ4v) is 4.09. The summed E-state index contributed by atoms with van der Waals surface area (Å²) >= 11 is 1.01. The fraction of sp³-hybridized carbons (Fsp3) is 0.588. The van der Waals surface area contributed by atoms with Crippen LogP contribution < -0.4 is 11.1 Å². The zero-order valence-electron chi connectivity index (χ0n) is 14.9. The van der Waals surface area contributed by atoms with Crippen molar-refractivity contribution in [2.45, 2.75) is 46.1 Å². The lowest BCUT2D eigenvalue weighted by Crippen LogP contribution is -2.42. The maximum absolute atomic E-state index is 12.4. The number of carbonyl (C=O) groups is 3. The van der Waals surface area contributed by atoms with Crippen LogP contribution in [0.4, 0.5) is 5.00 Å². The molecule has 0 bridgehead atoms. The summed E-state index contributed by atoms with van der Waals surface area (Å²) in [6.07, 6.45) is 3.33. The summed E-state index contributed by atoms with van der Waals surface area (Å²) in [5.41, 5.74) is 6.02. The highest BCUT2D eigenvalue weighted by molar-refractivity contribution is 7.18. The summed E-state index contributed by atoms with van der Waals surface area (Å²) in [5.74, 6) is -1.40. The number of primary amides is 1. The van der Waals surface area contributed by atoms with Gasteiger partial charge in [0, 0.05) is 6.04 Å². The van der Waals surface area contributed by atoms with Crippen molar-refractivity contribution in [1.29, 1.82) is 0 Å². The molecule has 0 radical (unpaired) electrons. The van der Waals surface area contributed by atoms with E-state index in [0.29, 0.717) is 16.6 Å². The predicted octanol–water partition coefficient (Wildman–Crippen LogP) is 2.15. The lowest BCUT2D eigenvalue weighted by molar-refractivity contribution is -0.118. The molecule has 0 aromatic carbocycles. The van der Waals surface area contributed by atoms with Gasteiger partial charge in [-0.05, 0) is 45.7 Å². The van der Waals surface area contributed by atoms with Gasteiger partial charge >= 0.3 is 5.97 Å². The van der Waals surface area contributed by atoms with E-state index in [2.05, 4.69) is 17.1 Å². The van der Waals surface area contributed by atoms with E-state index in [4.69, 9.17) is 10.5 Å². The molecule has 3 N–H and O–H groups in total. The highest BCUT2D eigenvalue weighted by Gasteiger charge is 2.27. The van der Waals surface area contributed by atoms with Gasteiger partial charge in [0.15, 0.2) is 0 Å². The van der Waals surface area contributed by atoms with Crippen LogP contribution in [0.3, 0.4) is 0 Å². The maximum Gasteiger partial charge on any atom is 0.341 e. The van der Waals surface area contributed by atoms with Crippen LogP contribution in [0.2, 0.25) is 0 Å². The third kappa shape index (κ3) is 4.58. The summed E-state index contributed by atoms with van der Waals surface area (Å²) in [4.78, 5) is 38.6. The van der Waals surface area contributed by atoms with Gasteiger partial charge in [-0.1, -0.05) is 6.42 Å². The Morgan fingerprint density at radius 3 is 2.68 bits per heavy atom. The summed E-state index contributed by atoms with van der Waals surface area (Å²) in [6, 6.07) is 0.357. The molecule has 1 atom stereocenters. The van der Waals surface area contributed by atoms with E-state index >= 15 is 0 Å². The molecule has 1 unspecified atom stereocenters. The summed E-state index contributed by atoms with van der Waals surface area (Å²) < 4.78 is 5.04. The molecule has 7 nitrogen and oxygen atoms in total. The molecule has 8 heteroatoms. The Bertz CT molecular complexity index is 671. The van der Waals surface area contributed by atoms with Gasteiger partial charge in [0.05, 0.1) is 23.6 Å². The van der Waals surface area contributed by atoms with E-state index in [1.165, 1.54) is 6.42 Å². The molecular formula is C17H25N3O4S. The van der Waals surface area contributed by atoms with Crippen molar-refractivity contribution in [3.8, 4) is 0 Å². The van der Waals surface area contributed by atoms with Gasteiger partial charge in [0.25, 0.3) is 5.91 Å². The molecule has 1 aliphatic heterocycles. The average Bonchev–Trinajstić information content (AvgIpc) is 2.86. The Kier molecular flexibility index (Phi) is 6.55. The predicted molar refractivity (Wildman–Crippen MR) is 97.0 cm³/mol. The number of hydrogen-bond donors (Lipinski definition) is 2. The van der Waals surface area contributed by atoms with Crippen LogP contribution in [-0.2, 0) is 9.53 Å². The summed E-state index contributed by atoms with van der Waals surface area (Å²) in [7, 11) is 0. The quantitative estimate of drug-likeness (QED) is 0.750. The molecule has 25 heavy (non-hydrogen) atoms. The second-order valence-electron chi connectivity index (χ2n) is 6.21. The number of nitrogens with zero attached hydrogens (tertiary/aromatic N) is 1. The van der Waals surface area contributed by atoms with E-state index in [1.54, 1.807) is 13.8 Å². The molecule has 1 fully saturated rings. The number of esters is 1. The standard InChI is InChI=1S/C17H25N3O4S/c1-4-24-17(23)13-11(3)14(15(18)22)25-16(13)19-12(21)9-20-8-6-5-7-10(20)2/h10H,4-9H2,1-3H3,(H2,18,22)(H,19,21). The molecule has 1 saturated heterocycles. The van der Waals surface area contributed by atoms with Crippen LogP contribution in [0.1, 0.15) is 58.7 Å². The van der Waals surface area contributed by atoms with Crippen molar-refractivity contribution < 1.29 is 19.1 Å². The summed E-state index contributed by atoms with van der Waals surface area (Å²) in [6.45, 7) is 6.78. The molecule has 1 aromatic rings. The monoisotopic (exact) mass is 367 g/mol. The highest BCUT2D eigenvalue weighted by Crippen LogP contribution is 2.33. The molecule has 2 rings (SSSR count). The number of piperidine rings is 1. The Balaban J connectivity index is 2.19. The van der Waals surface area contributed by atoms with Crippen LogP contribution in [0.25, 0.3) is 0 Å². The number of nitrogens with one attached hydrogen (secondary N) is 1. The first kappa shape index (κ1) is 19.4. The van der Waals surface area contributed by atoms with Gasteiger partial charge in [-0.2, -0.15) is 0 Å². The first-order chi connectivity index (χ1) is 11.8. The van der Waals surface area contributed by atoms with E-state index in [9.17, 15) is 14.4 Å². The normalized spacial score (nSPS) is 18.0. The minimum atomic E-state index is -0.627. The van der Waals surface area contributed by atoms with E-state index in [0.717, 1.165) is 30.7 Å². The zero-order chi connectivity index (χ0) is 18.6. The second-order valence-corrected chi connectivity index (χ2v) is 7.23. The topological polar surface area (TPSA) is 102 Å². The second kappa shape index (κ2) is 8.44. The van der Waals surface area contributed by atoms with Crippen LogP contribution >= 0.6 is 11.3 Å². The van der Waals surface area contributed by atoms with Gasteiger partial charge in [-0.25, -0.2) is 4.79 Å². The number of rotatable bonds is 6. The van der Waals surface area contributed by atoms with Crippen molar-refractivity contribution in [1.82, 2.24) is 4.90 Å². The van der Waals surface area contributed by atoms with Crippen molar-refractivity contribution in [2.75, 3.05) is 25.0 Å². The van der Waals surface area contributed by atoms with Crippen molar-refractivity contribution in [3.05, 3.63) is 16.0 Å². The lowest BCUT2D eigenvalue weighted by atomic mass is 10.0. The van der Waals surface area contributed by atoms with E-state index in [1.807, 2.05) is 0 Å². The van der Waals surface area contributed by atoms with E-state index in [-0.39, 0.29) is 29.5 Å². The lowest BCUT2D eigenvalue weighted by Gasteiger charge is -2.32. The number of anilines is 1. The van der Waals surface area contributed by atoms with Crippen molar-refractivity contribution in [2.24, 2.45) is 5.73 Å². The van der Waals surface area contributed by atoms with Crippen molar-refractivity contribution >= 4 is 34.1 Å². The number of likely N-dealkylation sites (tertiary alicyclic amines) is 1. The Hall–Kier alpha value is -1.93. The molecule has 0 saturated carbocycles. The van der Waals surface area contributed by atoms with Gasteiger partial charge < -0.3 is 15.8 Å². The van der Waals surface area contributed by atoms with Crippen molar-refractivity contribution in [3.63, 3.8) is 0 Å². The summed E-state index contributed by atoms with van der Waals surface area (Å²) in [5, 5.41) is 3.08. The van der Waals surface area contributed by atoms with Gasteiger partial charge in [-0.15, -0.1) is 11.3 Å². The number of nitrogens with two attached hydrogens (primary N) is 1. The molecule has 2 heterocycles. The van der Waals surface area contributed by atoms with Crippen LogP contribution in [0.5, 0.6) is 0 Å². The smallest absolute Gasteiger partial charge is 0.341 e. The number of ether oxygens (including phenoxy) is 1. The SMILES string of the molecule is CCOC(=O)c1c(NC(=O)CN2CCCCC2C)sc(C(N)=O)c1C. The number of amides is 2. The average molecular weight is 367 g/mol. The van der Waals surface area contributed by atoms with Gasteiger partial charge in [0.1, 0.15) is 5.00 Å². The molecule has 138 valence electrons. The Morgan fingerprint density at radius 2 is 2.08 bits per heavy atom. The molecular weight excluding hydrogens is 342 g/mol.